The molecule has 0 spiro atoms. The van der Waals surface area contributed by atoms with E-state index in [1.54, 1.807) is 19.2 Å². The molecule has 1 aromatic rings. The fourth-order valence-corrected chi connectivity index (χ4v) is 3.34. The number of likely N-dealkylation sites (tertiary alicyclic amines) is 1. The smallest absolute Gasteiger partial charge is 0.238 e. The van der Waals surface area contributed by atoms with E-state index < -0.39 is 10.0 Å². The monoisotopic (exact) mass is 379 g/mol. The van der Waals surface area contributed by atoms with Crippen LogP contribution < -0.4 is 15.6 Å². The van der Waals surface area contributed by atoms with Crippen molar-refractivity contribution < 1.29 is 17.9 Å². The van der Waals surface area contributed by atoms with Crippen LogP contribution in [0.5, 0.6) is 5.75 Å². The van der Waals surface area contributed by atoms with Gasteiger partial charge in [0.2, 0.25) is 10.0 Å². The Morgan fingerprint density at radius 1 is 1.29 bits per heavy atom. The zero-order valence-electron chi connectivity index (χ0n) is 13.8. The molecule has 1 saturated heterocycles. The molecule has 1 aliphatic rings. The maximum atomic E-state index is 11.2. The first kappa shape index (κ1) is 21.1. The predicted molar refractivity (Wildman–Crippen MR) is 95.0 cm³/mol. The van der Waals surface area contributed by atoms with Gasteiger partial charge in [-0.2, -0.15) is 0 Å². The van der Waals surface area contributed by atoms with Crippen LogP contribution >= 0.6 is 12.4 Å². The fourth-order valence-electron chi connectivity index (χ4n) is 2.82. The lowest BCUT2D eigenvalue weighted by Gasteiger charge is -2.38. The first-order valence-electron chi connectivity index (χ1n) is 7.66. The van der Waals surface area contributed by atoms with Crippen molar-refractivity contribution >= 4 is 22.4 Å². The van der Waals surface area contributed by atoms with Crippen LogP contribution in [0.25, 0.3) is 0 Å². The lowest BCUT2D eigenvalue weighted by Crippen LogP contribution is -2.49. The van der Waals surface area contributed by atoms with Gasteiger partial charge in [0.15, 0.2) is 0 Å². The second-order valence-corrected chi connectivity index (χ2v) is 7.23. The van der Waals surface area contributed by atoms with E-state index in [2.05, 4.69) is 4.90 Å². The van der Waals surface area contributed by atoms with Gasteiger partial charge in [-0.05, 0) is 37.1 Å². The summed E-state index contributed by atoms with van der Waals surface area (Å²) in [5.74, 6) is 0.619. The molecule has 138 valence electrons. The van der Waals surface area contributed by atoms with Gasteiger partial charge in [0.05, 0.1) is 11.0 Å². The molecule has 7 nitrogen and oxygen atoms in total. The van der Waals surface area contributed by atoms with E-state index in [1.807, 2.05) is 0 Å². The quantitative estimate of drug-likeness (QED) is 0.717. The van der Waals surface area contributed by atoms with Crippen LogP contribution in [-0.4, -0.2) is 58.8 Å². The highest BCUT2D eigenvalue weighted by Crippen LogP contribution is 2.19. The van der Waals surface area contributed by atoms with Crippen molar-refractivity contribution in [1.82, 2.24) is 4.90 Å². The molecule has 2 rings (SSSR count). The molecule has 24 heavy (non-hydrogen) atoms. The van der Waals surface area contributed by atoms with Crippen molar-refractivity contribution in [3.63, 3.8) is 0 Å². The number of hydrogen-bond acceptors (Lipinski definition) is 6. The fraction of sp³-hybridized carbons (Fsp3) is 0.600. The molecule has 2 atom stereocenters. The maximum Gasteiger partial charge on any atom is 0.238 e. The number of benzene rings is 1. The Morgan fingerprint density at radius 2 is 1.96 bits per heavy atom. The predicted octanol–water partition coefficient (Wildman–Crippen LogP) is 0.573. The van der Waals surface area contributed by atoms with Crippen LogP contribution in [-0.2, 0) is 14.8 Å². The summed E-state index contributed by atoms with van der Waals surface area (Å²) < 4.78 is 33.5. The molecule has 0 amide bonds. The average molecular weight is 380 g/mol. The molecular weight excluding hydrogens is 354 g/mol. The van der Waals surface area contributed by atoms with Crippen molar-refractivity contribution in [3.8, 4) is 5.75 Å². The highest BCUT2D eigenvalue weighted by molar-refractivity contribution is 7.89. The molecule has 0 aliphatic carbocycles. The first-order chi connectivity index (χ1) is 10.9. The minimum absolute atomic E-state index is 0. The summed E-state index contributed by atoms with van der Waals surface area (Å²) >= 11 is 0. The summed E-state index contributed by atoms with van der Waals surface area (Å²) in [6.07, 6.45) is 2.22. The molecule has 1 aliphatic heterocycles. The molecule has 4 N–H and O–H groups in total. The minimum Gasteiger partial charge on any atom is -0.492 e. The van der Waals surface area contributed by atoms with Crippen molar-refractivity contribution in [2.45, 2.75) is 29.9 Å². The van der Waals surface area contributed by atoms with Gasteiger partial charge in [0, 0.05) is 32.8 Å². The number of halogens is 1. The van der Waals surface area contributed by atoms with E-state index in [0.29, 0.717) is 24.9 Å². The molecular formula is C15H26ClN3O4S. The summed E-state index contributed by atoms with van der Waals surface area (Å²) in [5, 5.41) is 5.06. The van der Waals surface area contributed by atoms with Gasteiger partial charge in [-0.25, -0.2) is 13.6 Å². The van der Waals surface area contributed by atoms with Crippen LogP contribution in [0, 0.1) is 0 Å². The van der Waals surface area contributed by atoms with Gasteiger partial charge in [0.25, 0.3) is 0 Å². The van der Waals surface area contributed by atoms with Crippen molar-refractivity contribution in [3.05, 3.63) is 24.3 Å². The number of hydrogen-bond donors (Lipinski definition) is 2. The third-order valence-electron chi connectivity index (χ3n) is 4.19. The summed E-state index contributed by atoms with van der Waals surface area (Å²) in [7, 11) is -1.93. The maximum absolute atomic E-state index is 11.2. The Balaban J connectivity index is 0.00000288. The van der Waals surface area contributed by atoms with E-state index in [-0.39, 0.29) is 23.4 Å². The van der Waals surface area contributed by atoms with Gasteiger partial charge < -0.3 is 15.2 Å². The second kappa shape index (κ2) is 9.55. The number of ether oxygens (including phenoxy) is 2. The Kier molecular flexibility index (Phi) is 8.41. The zero-order chi connectivity index (χ0) is 16.9. The molecule has 2 unspecified atom stereocenters. The summed E-state index contributed by atoms with van der Waals surface area (Å²) in [6.45, 7) is 2.83. The van der Waals surface area contributed by atoms with Gasteiger partial charge in [-0.15, -0.1) is 12.4 Å². The highest BCUT2D eigenvalue weighted by Gasteiger charge is 2.27. The average Bonchev–Trinajstić information content (AvgIpc) is 2.54. The number of sulfonamides is 1. The largest absolute Gasteiger partial charge is 0.492 e. The van der Waals surface area contributed by atoms with Crippen molar-refractivity contribution in [2.24, 2.45) is 10.9 Å². The van der Waals surface area contributed by atoms with Gasteiger partial charge in [0.1, 0.15) is 12.4 Å². The number of nitrogens with zero attached hydrogens (tertiary/aromatic N) is 1. The zero-order valence-corrected chi connectivity index (χ0v) is 15.4. The third-order valence-corrected chi connectivity index (χ3v) is 5.12. The minimum atomic E-state index is -3.67. The normalized spacial score (nSPS) is 22.0. The van der Waals surface area contributed by atoms with Crippen LogP contribution in [0.15, 0.2) is 29.2 Å². The second-order valence-electron chi connectivity index (χ2n) is 5.67. The standard InChI is InChI=1S/C15H25N3O4S.ClH/c1-21-14-6-7-18(12(10-14)11-16)8-9-22-13-2-4-15(5-3-13)23(17,19)20;/h2-5,12,14H,6-11,16H2,1H3,(H2,17,19,20);1H. The third kappa shape index (κ3) is 5.87. The molecule has 1 heterocycles. The Morgan fingerprint density at radius 3 is 2.50 bits per heavy atom. The molecule has 0 bridgehead atoms. The van der Waals surface area contributed by atoms with E-state index in [0.717, 1.165) is 25.9 Å². The summed E-state index contributed by atoms with van der Waals surface area (Å²) in [5.41, 5.74) is 5.84. The van der Waals surface area contributed by atoms with Crippen molar-refractivity contribution in [2.75, 3.05) is 33.4 Å². The van der Waals surface area contributed by atoms with Crippen LogP contribution in [0.3, 0.4) is 0 Å². The Bertz CT molecular complexity index is 597. The van der Waals surface area contributed by atoms with Crippen LogP contribution in [0.1, 0.15) is 12.8 Å². The molecule has 0 aromatic heterocycles. The van der Waals surface area contributed by atoms with E-state index >= 15 is 0 Å². The summed E-state index contributed by atoms with van der Waals surface area (Å²) in [6, 6.07) is 6.41. The topological polar surface area (TPSA) is 108 Å². The van der Waals surface area contributed by atoms with E-state index in [4.69, 9.17) is 20.3 Å². The first-order valence-corrected chi connectivity index (χ1v) is 9.21. The number of methoxy groups -OCH3 is 1. The molecule has 1 fully saturated rings. The molecule has 9 heteroatoms. The number of nitrogens with two attached hydrogens (primary N) is 2. The number of piperidine rings is 1. The van der Waals surface area contributed by atoms with Crippen LogP contribution in [0.4, 0.5) is 0 Å². The lowest BCUT2D eigenvalue weighted by atomic mass is 9.99. The Labute approximate surface area is 149 Å². The van der Waals surface area contributed by atoms with E-state index in [9.17, 15) is 8.42 Å². The molecule has 0 saturated carbocycles. The highest BCUT2D eigenvalue weighted by atomic mass is 35.5. The van der Waals surface area contributed by atoms with Gasteiger partial charge in [-0.3, -0.25) is 4.90 Å². The van der Waals surface area contributed by atoms with E-state index in [1.165, 1.54) is 12.1 Å². The SMILES string of the molecule is COC1CCN(CCOc2ccc(S(N)(=O)=O)cc2)C(CN)C1.Cl. The lowest BCUT2D eigenvalue weighted by molar-refractivity contribution is 0.00923. The van der Waals surface area contributed by atoms with Gasteiger partial charge >= 0.3 is 0 Å². The molecule has 1 aromatic carbocycles. The van der Waals surface area contributed by atoms with Crippen LogP contribution in [0.2, 0.25) is 0 Å². The number of primary sulfonamides is 1. The molecule has 0 radical (unpaired) electrons. The van der Waals surface area contributed by atoms with Gasteiger partial charge in [-0.1, -0.05) is 0 Å². The summed E-state index contributed by atoms with van der Waals surface area (Å²) in [4.78, 5) is 2.39. The number of rotatable bonds is 7. The van der Waals surface area contributed by atoms with Crippen molar-refractivity contribution in [1.29, 1.82) is 0 Å². The Hall–Kier alpha value is -0.900.